The Balaban J connectivity index is -0.000000845. The second-order valence-corrected chi connectivity index (χ2v) is 6.84. The smallest absolute Gasteiger partial charge is 0.412 e. The average Bonchev–Trinajstić information content (AvgIpc) is 2.08. The maximum Gasteiger partial charge on any atom is 1.00 e. The van der Waals surface area contributed by atoms with E-state index in [1.807, 2.05) is 0 Å². The fraction of sp³-hybridized carbons (Fsp3) is 0.833. The Kier molecular flexibility index (Phi) is 17.1. The molecule has 0 saturated heterocycles. The van der Waals surface area contributed by atoms with E-state index in [0.29, 0.717) is 23.7 Å². The molecule has 0 heterocycles. The SMILES string of the molecule is CNC(=S)CCNCCSP(=O)(O)O.O.[Li+]. The molecule has 0 bridgehead atoms. The molecule has 6 N–H and O–H groups in total. The Labute approximate surface area is 117 Å². The van der Waals surface area contributed by atoms with Gasteiger partial charge in [0.25, 0.3) is 0 Å². The Morgan fingerprint density at radius 3 is 2.44 bits per heavy atom. The van der Waals surface area contributed by atoms with Crippen molar-refractivity contribution in [3.8, 4) is 0 Å². The van der Waals surface area contributed by atoms with E-state index in [9.17, 15) is 4.57 Å². The molecule has 0 amide bonds. The van der Waals surface area contributed by atoms with Gasteiger partial charge in [0.15, 0.2) is 0 Å². The van der Waals surface area contributed by atoms with Crippen LogP contribution in [0.1, 0.15) is 6.42 Å². The molecular formula is C6H17LiN2O4PS2+. The first-order valence-corrected chi connectivity index (χ1v) is 7.68. The molecule has 6 nitrogen and oxygen atoms in total. The molecule has 0 aromatic carbocycles. The van der Waals surface area contributed by atoms with Gasteiger partial charge in [-0.1, -0.05) is 12.2 Å². The van der Waals surface area contributed by atoms with Gasteiger partial charge in [0.05, 0.1) is 4.99 Å². The minimum Gasteiger partial charge on any atom is -0.412 e. The molecule has 92 valence electrons. The third-order valence-electron chi connectivity index (χ3n) is 1.35. The third kappa shape index (κ3) is 17.3. The largest absolute Gasteiger partial charge is 1.00 e. The summed E-state index contributed by atoms with van der Waals surface area (Å²) in [6.07, 6.45) is 0.742. The summed E-state index contributed by atoms with van der Waals surface area (Å²) in [5, 5.41) is 5.87. The third-order valence-corrected chi connectivity index (χ3v) is 4.03. The van der Waals surface area contributed by atoms with Crippen molar-refractivity contribution < 1.29 is 38.7 Å². The van der Waals surface area contributed by atoms with E-state index < -0.39 is 6.80 Å². The van der Waals surface area contributed by atoms with Crippen molar-refractivity contribution in [2.75, 3.05) is 25.9 Å². The van der Waals surface area contributed by atoms with Gasteiger partial charge in [-0.2, -0.15) is 0 Å². The van der Waals surface area contributed by atoms with Crippen molar-refractivity contribution in [2.24, 2.45) is 0 Å². The van der Waals surface area contributed by atoms with Crippen LogP contribution in [0.5, 0.6) is 0 Å². The van der Waals surface area contributed by atoms with Crippen molar-refractivity contribution >= 4 is 35.4 Å². The molecule has 0 aromatic rings. The molecule has 0 rings (SSSR count). The minimum absolute atomic E-state index is 0. The van der Waals surface area contributed by atoms with E-state index >= 15 is 0 Å². The van der Waals surface area contributed by atoms with Crippen molar-refractivity contribution in [3.63, 3.8) is 0 Å². The van der Waals surface area contributed by atoms with Crippen molar-refractivity contribution in [1.82, 2.24) is 10.6 Å². The van der Waals surface area contributed by atoms with Crippen LogP contribution >= 0.6 is 30.4 Å². The molecule has 0 fully saturated rings. The molecule has 0 aliphatic rings. The van der Waals surface area contributed by atoms with Gasteiger partial charge in [-0.05, 0) is 11.4 Å². The molecule has 0 saturated carbocycles. The number of hydrogen-bond donors (Lipinski definition) is 4. The van der Waals surface area contributed by atoms with Crippen molar-refractivity contribution in [3.05, 3.63) is 0 Å². The number of hydrogen-bond acceptors (Lipinski definition) is 4. The van der Waals surface area contributed by atoms with Crippen molar-refractivity contribution in [2.45, 2.75) is 6.42 Å². The number of nitrogens with one attached hydrogen (secondary N) is 2. The Hall–Kier alpha value is 0.907. The van der Waals surface area contributed by atoms with E-state index in [-0.39, 0.29) is 24.3 Å². The summed E-state index contributed by atoms with van der Waals surface area (Å²) < 4.78 is 10.4. The van der Waals surface area contributed by atoms with Crippen molar-refractivity contribution in [1.29, 1.82) is 0 Å². The Bertz CT molecular complexity index is 229. The van der Waals surface area contributed by atoms with Crippen LogP contribution in [0.25, 0.3) is 0 Å². The first kappa shape index (κ1) is 22.1. The normalized spacial score (nSPS) is 9.94. The summed E-state index contributed by atoms with van der Waals surface area (Å²) >= 11 is 5.57. The molecule has 0 atom stereocenters. The maximum atomic E-state index is 10.4. The standard InChI is InChI=1S/C6H15N2O3PS2.Li.H2O/c1-7-6(13)2-3-8-4-5-14-12(9,10)11;;/h8H,2-5H2,1H3,(H,7,13)(H2,9,10,11);;1H2/q;+1;. The van der Waals surface area contributed by atoms with Gasteiger partial charge >= 0.3 is 25.7 Å². The molecular weight excluding hydrogens is 266 g/mol. The fourth-order valence-electron chi connectivity index (χ4n) is 0.689. The zero-order chi connectivity index (χ0) is 11.0. The first-order valence-electron chi connectivity index (χ1n) is 4.07. The van der Waals surface area contributed by atoms with Crippen LogP contribution in [-0.4, -0.2) is 46.1 Å². The van der Waals surface area contributed by atoms with Gasteiger partial charge in [0.1, 0.15) is 0 Å². The van der Waals surface area contributed by atoms with Gasteiger partial charge in [0, 0.05) is 32.3 Å². The summed E-state index contributed by atoms with van der Waals surface area (Å²) in [6.45, 7) is -2.61. The molecule has 0 aromatic heterocycles. The van der Waals surface area contributed by atoms with Crippen LogP contribution in [0.2, 0.25) is 0 Å². The Morgan fingerprint density at radius 1 is 1.44 bits per heavy atom. The van der Waals surface area contributed by atoms with E-state index in [1.165, 1.54) is 0 Å². The van der Waals surface area contributed by atoms with Crippen LogP contribution in [0.3, 0.4) is 0 Å². The maximum absolute atomic E-state index is 10.4. The molecule has 0 spiro atoms. The summed E-state index contributed by atoms with van der Waals surface area (Å²) in [5.41, 5.74) is 0. The van der Waals surface area contributed by atoms with Crippen LogP contribution in [0.15, 0.2) is 0 Å². The van der Waals surface area contributed by atoms with Crippen LogP contribution < -0.4 is 29.5 Å². The monoisotopic (exact) mass is 283 g/mol. The quantitative estimate of drug-likeness (QED) is 0.166. The Morgan fingerprint density at radius 2 is 2.00 bits per heavy atom. The number of thiocarbonyl (C=S) groups is 1. The molecule has 0 unspecified atom stereocenters. The molecule has 10 heteroatoms. The predicted molar refractivity (Wildman–Crippen MR) is 67.3 cm³/mol. The van der Waals surface area contributed by atoms with Gasteiger partial charge in [-0.25, -0.2) is 4.57 Å². The van der Waals surface area contributed by atoms with Gasteiger partial charge < -0.3 is 25.9 Å². The summed E-state index contributed by atoms with van der Waals surface area (Å²) in [4.78, 5) is 17.8. The fourth-order valence-corrected chi connectivity index (χ4v) is 2.25. The van der Waals surface area contributed by atoms with E-state index in [1.54, 1.807) is 7.05 Å². The zero-order valence-electron chi connectivity index (χ0n) is 9.39. The topological polar surface area (TPSA) is 113 Å². The second-order valence-electron chi connectivity index (χ2n) is 2.50. The van der Waals surface area contributed by atoms with E-state index in [2.05, 4.69) is 10.6 Å². The molecule has 0 aliphatic heterocycles. The minimum atomic E-state index is -3.90. The summed E-state index contributed by atoms with van der Waals surface area (Å²) in [6, 6.07) is 0. The van der Waals surface area contributed by atoms with Gasteiger partial charge in [-0.15, -0.1) is 0 Å². The average molecular weight is 283 g/mol. The van der Waals surface area contributed by atoms with Gasteiger partial charge in [-0.3, -0.25) is 0 Å². The number of rotatable bonds is 7. The first-order chi connectivity index (χ1) is 6.45. The van der Waals surface area contributed by atoms with Crippen LogP contribution in [0, 0.1) is 0 Å². The van der Waals surface area contributed by atoms with Crippen LogP contribution in [-0.2, 0) is 4.57 Å². The second kappa shape index (κ2) is 12.4. The van der Waals surface area contributed by atoms with E-state index in [0.717, 1.165) is 18.0 Å². The summed E-state index contributed by atoms with van der Waals surface area (Å²) in [7, 11) is 1.77. The zero-order valence-corrected chi connectivity index (χ0v) is 11.9. The van der Waals surface area contributed by atoms with Crippen LogP contribution in [0.4, 0.5) is 0 Å². The predicted octanol–water partition coefficient (Wildman–Crippen LogP) is -3.48. The molecule has 0 radical (unpaired) electrons. The molecule has 16 heavy (non-hydrogen) atoms. The van der Waals surface area contributed by atoms with Gasteiger partial charge in [0.2, 0.25) is 0 Å². The van der Waals surface area contributed by atoms with E-state index in [4.69, 9.17) is 22.0 Å². The summed E-state index contributed by atoms with van der Waals surface area (Å²) in [5.74, 6) is 0.399. The molecule has 0 aliphatic carbocycles.